The maximum absolute atomic E-state index is 13.3. The highest BCUT2D eigenvalue weighted by molar-refractivity contribution is 7.91. The van der Waals surface area contributed by atoms with E-state index in [-0.39, 0.29) is 6.07 Å². The number of hydrogen-bond donors (Lipinski definition) is 2. The number of nitrogen functional groups attached to an aromatic ring is 1. The Hall–Kier alpha value is -1.80. The molecule has 140 valence electrons. The molecule has 25 heavy (non-hydrogen) atoms. The van der Waals surface area contributed by atoms with Gasteiger partial charge in [0.2, 0.25) is 0 Å². The molecular weight excluding hydrogens is 342 g/mol. The highest BCUT2D eigenvalue weighted by atomic mass is 32.2. The minimum Gasteiger partial charge on any atom is -0.496 e. The number of sulfone groups is 1. The standard InChI is InChI=1S/C17H27N3O4S/c1-4-20-8-6-7-12(20)11-19-17(21)13-9-16(25(22,23)5-2)14(18)10-15(13)24-3/h9-10,12H,4-8,11,18H2,1-3H3,(H,19,21)/i1D3,2D3,3D3,4D2,5D2,6D2,7D2,8D2,12D. The molecule has 1 atom stereocenters. The Labute approximate surface area is 177 Å². The third-order valence-electron chi connectivity index (χ3n) is 3.06. The van der Waals surface area contributed by atoms with Crippen LogP contribution in [0, 0.1) is 0 Å². The number of nitrogens with one attached hydrogen (secondary N) is 1. The Kier molecular flexibility index (Phi) is 1.89. The van der Waals surface area contributed by atoms with E-state index < -0.39 is 107 Å². The number of ether oxygens (including phenoxy) is 1. The minimum absolute atomic E-state index is 0.211. The van der Waals surface area contributed by atoms with Crippen LogP contribution >= 0.6 is 0 Å². The second-order valence-electron chi connectivity index (χ2n) is 4.53. The zero-order valence-corrected chi connectivity index (χ0v) is 13.2. The van der Waals surface area contributed by atoms with Crippen molar-refractivity contribution in [3.05, 3.63) is 17.7 Å². The molecule has 7 nitrogen and oxygen atoms in total. The van der Waals surface area contributed by atoms with Gasteiger partial charge in [0.1, 0.15) is 5.75 Å². The number of nitrogens with zero attached hydrogens (tertiary/aromatic N) is 1. The minimum atomic E-state index is -5.63. The summed E-state index contributed by atoms with van der Waals surface area (Å²) in [5.74, 6) is -2.74. The fourth-order valence-corrected chi connectivity index (χ4v) is 2.63. The molecule has 3 N–H and O–H groups in total. The number of rotatable bonds is 7. The average Bonchev–Trinajstić information content (AvgIpc) is 2.86. The number of amides is 1. The summed E-state index contributed by atoms with van der Waals surface area (Å²) < 4.78 is 186. The van der Waals surface area contributed by atoms with E-state index in [9.17, 15) is 13.2 Å². The first-order valence-electron chi connectivity index (χ1n) is 16.4. The van der Waals surface area contributed by atoms with Crippen molar-refractivity contribution in [2.45, 2.75) is 37.4 Å². The number of hydrogen-bond acceptors (Lipinski definition) is 6. The van der Waals surface area contributed by atoms with Crippen LogP contribution in [0.2, 0.25) is 0 Å². The number of methoxy groups -OCH3 is 1. The Morgan fingerprint density at radius 3 is 3.16 bits per heavy atom. The third-order valence-corrected chi connectivity index (χ3v) is 4.26. The zero-order valence-electron chi connectivity index (χ0n) is 32.4. The molecule has 0 radical (unpaired) electrons. The SMILES string of the molecule is [2H]C([2H])([2H])Oc1cc(N)c(S(=O)(=O)C([2H])([2H])C([2H])([2H])[2H])cc1C(=O)NCC1([2H])N(C([2H])([2H])C([2H])([2H])[2H])C([2H])([2H])C([2H])([2H])C1([2H])[2H]. The molecule has 0 aromatic heterocycles. The van der Waals surface area contributed by atoms with Crippen LogP contribution < -0.4 is 15.8 Å². The summed E-state index contributed by atoms with van der Waals surface area (Å²) in [7, 11) is -8.99. The molecule has 0 aliphatic carbocycles. The van der Waals surface area contributed by atoms with Gasteiger partial charge in [-0.15, -0.1) is 0 Å². The highest BCUT2D eigenvalue weighted by Crippen LogP contribution is 2.29. The van der Waals surface area contributed by atoms with E-state index in [1.54, 1.807) is 5.32 Å². The van der Waals surface area contributed by atoms with Gasteiger partial charge in [-0.1, -0.05) is 13.7 Å². The summed E-state index contributed by atoms with van der Waals surface area (Å²) in [6.07, 6.45) is -7.62. The molecule has 1 aromatic carbocycles. The molecule has 2 rings (SSSR count). The lowest BCUT2D eigenvalue weighted by Gasteiger charge is -2.23. The number of nitrogens with two attached hydrogens (primary N) is 1. The summed E-state index contributed by atoms with van der Waals surface area (Å²) >= 11 is 0. The fourth-order valence-electron chi connectivity index (χ4n) is 1.88. The number of benzene rings is 1. The van der Waals surface area contributed by atoms with Crippen molar-refractivity contribution >= 4 is 21.4 Å². The van der Waals surface area contributed by atoms with Gasteiger partial charge in [-0.25, -0.2) is 8.42 Å². The molecule has 0 saturated carbocycles. The number of carbonyl (C=O) groups excluding carboxylic acids is 1. The molecule has 0 bridgehead atoms. The molecule has 1 saturated heterocycles. The van der Waals surface area contributed by atoms with Crippen molar-refractivity contribution in [1.82, 2.24) is 10.2 Å². The first kappa shape index (κ1) is 5.85. The van der Waals surface area contributed by atoms with E-state index in [1.807, 2.05) is 0 Å². The Bertz CT molecular complexity index is 1450. The summed E-state index contributed by atoms with van der Waals surface area (Å²) in [6.45, 7) is -17.1. The van der Waals surface area contributed by atoms with E-state index in [0.29, 0.717) is 6.07 Å². The predicted molar refractivity (Wildman–Crippen MR) is 97.7 cm³/mol. The molecule has 1 amide bonds. The van der Waals surface area contributed by atoms with E-state index in [2.05, 4.69) is 4.74 Å². The fraction of sp³-hybridized carbons (Fsp3) is 0.588. The summed E-state index contributed by atoms with van der Waals surface area (Å²) in [5.41, 5.74) is -0.526. The van der Waals surface area contributed by atoms with Crippen LogP contribution in [0.1, 0.15) is 64.2 Å². The summed E-state index contributed by atoms with van der Waals surface area (Å²) in [4.78, 5) is 11.4. The highest BCUT2D eigenvalue weighted by Gasteiger charge is 2.25. The quantitative estimate of drug-likeness (QED) is 0.681. The van der Waals surface area contributed by atoms with Gasteiger partial charge >= 0.3 is 0 Å². The predicted octanol–water partition coefficient (Wildman–Crippen LogP) is 1.29. The van der Waals surface area contributed by atoms with Crippen molar-refractivity contribution in [2.75, 3.05) is 38.0 Å². The summed E-state index contributed by atoms with van der Waals surface area (Å²) in [5, 5.41) is 1.76. The Balaban J connectivity index is 2.79. The maximum Gasteiger partial charge on any atom is 0.255 e. The van der Waals surface area contributed by atoms with Crippen molar-refractivity contribution in [1.29, 1.82) is 0 Å². The van der Waals surface area contributed by atoms with Crippen molar-refractivity contribution in [2.24, 2.45) is 0 Å². The molecule has 8 heteroatoms. The zero-order chi connectivity index (χ0) is 36.0. The third kappa shape index (κ3) is 4.24. The van der Waals surface area contributed by atoms with Crippen molar-refractivity contribution in [3.8, 4) is 5.75 Å². The molecule has 1 aliphatic rings. The average molecular weight is 390 g/mol. The Morgan fingerprint density at radius 2 is 2.44 bits per heavy atom. The van der Waals surface area contributed by atoms with Gasteiger partial charge in [0.05, 0.1) is 33.0 Å². The van der Waals surface area contributed by atoms with E-state index in [0.717, 1.165) is 0 Å². The lowest BCUT2D eigenvalue weighted by molar-refractivity contribution is 0.0938. The van der Waals surface area contributed by atoms with Gasteiger partial charge < -0.3 is 15.8 Å². The van der Waals surface area contributed by atoms with E-state index in [1.165, 1.54) is 0 Å². The first-order valence-corrected chi connectivity index (χ1v) is 7.91. The number of anilines is 1. The lowest BCUT2D eigenvalue weighted by atomic mass is 10.1. The van der Waals surface area contributed by atoms with Crippen LogP contribution in [0.15, 0.2) is 17.0 Å². The van der Waals surface area contributed by atoms with Gasteiger partial charge in [0, 0.05) is 41.9 Å². The van der Waals surface area contributed by atoms with Crippen LogP contribution in [-0.2, 0) is 9.84 Å². The molecule has 0 spiro atoms. The normalized spacial score (nSPS) is 41.8. The molecule has 1 fully saturated rings. The first-order chi connectivity index (χ1) is 19.5. The van der Waals surface area contributed by atoms with Crippen LogP contribution in [0.4, 0.5) is 5.69 Å². The second kappa shape index (κ2) is 8.05. The van der Waals surface area contributed by atoms with E-state index in [4.69, 9.17) is 33.1 Å². The smallest absolute Gasteiger partial charge is 0.255 e. The topological polar surface area (TPSA) is 102 Å². The van der Waals surface area contributed by atoms with Gasteiger partial charge in [-0.05, 0) is 31.8 Å². The van der Waals surface area contributed by atoms with Crippen LogP contribution in [0.25, 0.3) is 0 Å². The second-order valence-corrected chi connectivity index (χ2v) is 6.18. The number of likely N-dealkylation sites (N-methyl/N-ethyl adjacent to an activating group) is 1. The molecular formula is C17H27N3O4S. The van der Waals surface area contributed by atoms with Gasteiger partial charge in [0.15, 0.2) is 9.84 Å². The number of likely N-dealkylation sites (tertiary alicyclic amines) is 1. The van der Waals surface area contributed by atoms with Crippen LogP contribution in [-0.4, -0.2) is 57.5 Å². The van der Waals surface area contributed by atoms with E-state index >= 15 is 0 Å². The van der Waals surface area contributed by atoms with Crippen molar-refractivity contribution in [3.63, 3.8) is 0 Å². The lowest BCUT2D eigenvalue weighted by Crippen LogP contribution is -2.40. The largest absolute Gasteiger partial charge is 0.496 e. The molecule has 1 aromatic rings. The van der Waals surface area contributed by atoms with Gasteiger partial charge in [-0.2, -0.15) is 0 Å². The summed E-state index contributed by atoms with van der Waals surface area (Å²) in [6, 6.07) is -3.01. The van der Waals surface area contributed by atoms with Crippen LogP contribution in [0.3, 0.4) is 0 Å². The Morgan fingerprint density at radius 1 is 1.60 bits per heavy atom. The van der Waals surface area contributed by atoms with Gasteiger partial charge in [-0.3, -0.25) is 9.69 Å². The number of carbonyl (C=O) groups is 1. The van der Waals surface area contributed by atoms with Gasteiger partial charge in [0.25, 0.3) is 5.91 Å². The maximum atomic E-state index is 13.3. The molecule has 1 aliphatic heterocycles. The van der Waals surface area contributed by atoms with Crippen molar-refractivity contribution < 1.29 is 45.4 Å². The molecule has 1 unspecified atom stereocenters. The monoisotopic (exact) mass is 389 g/mol. The van der Waals surface area contributed by atoms with Crippen LogP contribution in [0.5, 0.6) is 5.75 Å². The molecule has 1 heterocycles.